The van der Waals surface area contributed by atoms with Crippen LogP contribution in [0.1, 0.15) is 33.3 Å². The normalized spacial score (nSPS) is 12.9. The van der Waals surface area contributed by atoms with Gasteiger partial charge in [-0.3, -0.25) is 4.98 Å². The maximum atomic E-state index is 6.21. The van der Waals surface area contributed by atoms with Gasteiger partial charge in [-0.2, -0.15) is 0 Å². The molecule has 0 amide bonds. The van der Waals surface area contributed by atoms with Crippen molar-refractivity contribution in [3.8, 4) is 0 Å². The van der Waals surface area contributed by atoms with Crippen LogP contribution < -0.4 is 5.32 Å². The fourth-order valence-electron chi connectivity index (χ4n) is 2.00. The van der Waals surface area contributed by atoms with Crippen LogP contribution in [0.4, 0.5) is 0 Å². The van der Waals surface area contributed by atoms with Crippen LogP contribution in [0.5, 0.6) is 0 Å². The average molecular weight is 289 g/mol. The third kappa shape index (κ3) is 3.81. The molecule has 106 valence electrons. The first-order valence-electron chi connectivity index (χ1n) is 6.82. The Morgan fingerprint density at radius 3 is 2.75 bits per heavy atom. The largest absolute Gasteiger partial charge is 0.308 e. The minimum atomic E-state index is 0.120. The zero-order valence-corrected chi connectivity index (χ0v) is 13.3. The number of fused-ring (bicyclic) bond motifs is 1. The van der Waals surface area contributed by atoms with Crippen molar-refractivity contribution in [1.29, 1.82) is 0 Å². The molecule has 3 heteroatoms. The molecule has 0 unspecified atom stereocenters. The van der Waals surface area contributed by atoms with Crippen LogP contribution in [0.15, 0.2) is 36.0 Å². The number of nitrogens with one attached hydrogen (secondary N) is 1. The lowest BCUT2D eigenvalue weighted by Crippen LogP contribution is -2.36. The molecule has 0 fully saturated rings. The first kappa shape index (κ1) is 15.0. The summed E-state index contributed by atoms with van der Waals surface area (Å²) in [6, 6.07) is 7.88. The van der Waals surface area contributed by atoms with Gasteiger partial charge in [-0.15, -0.1) is 0 Å². The van der Waals surface area contributed by atoms with Crippen LogP contribution >= 0.6 is 11.6 Å². The molecule has 2 rings (SSSR count). The van der Waals surface area contributed by atoms with E-state index in [-0.39, 0.29) is 5.54 Å². The highest BCUT2D eigenvalue weighted by atomic mass is 35.5. The van der Waals surface area contributed by atoms with Gasteiger partial charge in [0.1, 0.15) is 0 Å². The van der Waals surface area contributed by atoms with Crippen molar-refractivity contribution in [2.75, 3.05) is 6.54 Å². The predicted molar refractivity (Wildman–Crippen MR) is 88.2 cm³/mol. The number of rotatable bonds is 3. The number of pyridine rings is 1. The fourth-order valence-corrected chi connectivity index (χ4v) is 2.21. The molecule has 2 nitrogen and oxygen atoms in total. The third-order valence-corrected chi connectivity index (χ3v) is 3.38. The Morgan fingerprint density at radius 2 is 2.05 bits per heavy atom. The summed E-state index contributed by atoms with van der Waals surface area (Å²) in [4.78, 5) is 4.45. The molecule has 0 radical (unpaired) electrons. The molecule has 2 aromatic rings. The SMILES string of the molecule is C/C(=C/c1ccc(Cl)c2cccnc12)CNC(C)(C)C. The molecule has 1 aromatic carbocycles. The van der Waals surface area contributed by atoms with Crippen molar-refractivity contribution in [1.82, 2.24) is 10.3 Å². The number of benzene rings is 1. The van der Waals surface area contributed by atoms with Crippen molar-refractivity contribution >= 4 is 28.6 Å². The van der Waals surface area contributed by atoms with E-state index in [4.69, 9.17) is 11.6 Å². The summed E-state index contributed by atoms with van der Waals surface area (Å²) in [7, 11) is 0. The number of hydrogen-bond acceptors (Lipinski definition) is 2. The lowest BCUT2D eigenvalue weighted by molar-refractivity contribution is 0.445. The highest BCUT2D eigenvalue weighted by molar-refractivity contribution is 6.35. The molecule has 0 aliphatic rings. The Labute approximate surface area is 125 Å². The van der Waals surface area contributed by atoms with E-state index in [2.05, 4.69) is 44.1 Å². The van der Waals surface area contributed by atoms with Gasteiger partial charge in [0.05, 0.1) is 10.5 Å². The topological polar surface area (TPSA) is 24.9 Å². The summed E-state index contributed by atoms with van der Waals surface area (Å²) in [5.74, 6) is 0. The van der Waals surface area contributed by atoms with Crippen molar-refractivity contribution in [2.45, 2.75) is 33.2 Å². The maximum absolute atomic E-state index is 6.21. The molecule has 1 N–H and O–H groups in total. The quantitative estimate of drug-likeness (QED) is 0.887. The standard InChI is InChI=1S/C17H21ClN2/c1-12(11-20-17(2,3)4)10-13-7-8-15(18)14-6-5-9-19-16(13)14/h5-10,20H,11H2,1-4H3/b12-10-. The van der Waals surface area contributed by atoms with Crippen LogP contribution in [-0.2, 0) is 0 Å². The zero-order valence-electron chi connectivity index (χ0n) is 12.5. The van der Waals surface area contributed by atoms with Gasteiger partial charge < -0.3 is 5.32 Å². The summed E-state index contributed by atoms with van der Waals surface area (Å²) < 4.78 is 0. The molecule has 1 aromatic heterocycles. The van der Waals surface area contributed by atoms with Crippen LogP contribution in [-0.4, -0.2) is 17.1 Å². The second kappa shape index (κ2) is 5.94. The molecule has 0 aliphatic carbocycles. The molecule has 1 heterocycles. The van der Waals surface area contributed by atoms with Gasteiger partial charge in [-0.05, 0) is 45.9 Å². The summed E-state index contributed by atoms with van der Waals surface area (Å²) in [5.41, 5.74) is 3.46. The minimum absolute atomic E-state index is 0.120. The van der Waals surface area contributed by atoms with Gasteiger partial charge in [0.2, 0.25) is 0 Å². The van der Waals surface area contributed by atoms with Crippen molar-refractivity contribution in [2.24, 2.45) is 0 Å². The van der Waals surface area contributed by atoms with Gasteiger partial charge in [-0.1, -0.05) is 29.3 Å². The molecular weight excluding hydrogens is 268 g/mol. The van der Waals surface area contributed by atoms with Gasteiger partial charge in [0.15, 0.2) is 0 Å². The van der Waals surface area contributed by atoms with Gasteiger partial charge in [-0.25, -0.2) is 0 Å². The Morgan fingerprint density at radius 1 is 1.30 bits per heavy atom. The van der Waals surface area contributed by atoms with Gasteiger partial charge >= 0.3 is 0 Å². The fraction of sp³-hybridized carbons (Fsp3) is 0.353. The molecule has 0 aliphatic heterocycles. The van der Waals surface area contributed by atoms with E-state index in [9.17, 15) is 0 Å². The first-order chi connectivity index (χ1) is 9.37. The smallest absolute Gasteiger partial charge is 0.0789 e. The van der Waals surface area contributed by atoms with E-state index in [0.29, 0.717) is 0 Å². The maximum Gasteiger partial charge on any atom is 0.0789 e. The first-order valence-corrected chi connectivity index (χ1v) is 7.20. The number of halogens is 1. The molecule has 0 saturated heterocycles. The molecule has 0 bridgehead atoms. The average Bonchev–Trinajstić information content (AvgIpc) is 2.39. The van der Waals surface area contributed by atoms with Crippen LogP contribution in [0.3, 0.4) is 0 Å². The molecule has 20 heavy (non-hydrogen) atoms. The zero-order chi connectivity index (χ0) is 14.8. The van der Waals surface area contributed by atoms with Crippen LogP contribution in [0.25, 0.3) is 17.0 Å². The summed E-state index contributed by atoms with van der Waals surface area (Å²) in [6.45, 7) is 9.49. The van der Waals surface area contributed by atoms with Gasteiger partial charge in [0.25, 0.3) is 0 Å². The Hall–Kier alpha value is -1.38. The van der Waals surface area contributed by atoms with E-state index in [1.54, 1.807) is 6.20 Å². The number of nitrogens with zero attached hydrogens (tertiary/aromatic N) is 1. The van der Waals surface area contributed by atoms with Crippen LogP contribution in [0, 0.1) is 0 Å². The van der Waals surface area contributed by atoms with Crippen LogP contribution in [0.2, 0.25) is 5.02 Å². The third-order valence-electron chi connectivity index (χ3n) is 3.05. The van der Waals surface area contributed by atoms with E-state index in [0.717, 1.165) is 28.0 Å². The summed E-state index contributed by atoms with van der Waals surface area (Å²) in [5, 5.41) is 5.23. The van der Waals surface area contributed by atoms with E-state index < -0.39 is 0 Å². The molecular formula is C17H21ClN2. The van der Waals surface area contributed by atoms with Crippen molar-refractivity contribution in [3.63, 3.8) is 0 Å². The van der Waals surface area contributed by atoms with Gasteiger partial charge in [0, 0.05) is 29.2 Å². The van der Waals surface area contributed by atoms with E-state index >= 15 is 0 Å². The lowest BCUT2D eigenvalue weighted by Gasteiger charge is -2.20. The summed E-state index contributed by atoms with van der Waals surface area (Å²) in [6.07, 6.45) is 3.98. The second-order valence-corrected chi connectivity index (χ2v) is 6.54. The molecule has 0 spiro atoms. The van der Waals surface area contributed by atoms with E-state index in [1.165, 1.54) is 5.57 Å². The second-order valence-electron chi connectivity index (χ2n) is 6.13. The molecule has 0 atom stereocenters. The highest BCUT2D eigenvalue weighted by Gasteiger charge is 2.08. The highest BCUT2D eigenvalue weighted by Crippen LogP contribution is 2.26. The monoisotopic (exact) mass is 288 g/mol. The van der Waals surface area contributed by atoms with Crippen molar-refractivity contribution in [3.05, 3.63) is 46.6 Å². The minimum Gasteiger partial charge on any atom is -0.308 e. The Bertz CT molecular complexity index is 639. The number of aromatic nitrogens is 1. The van der Waals surface area contributed by atoms with Crippen molar-refractivity contribution < 1.29 is 0 Å². The molecule has 0 saturated carbocycles. The number of hydrogen-bond donors (Lipinski definition) is 1. The Kier molecular flexibility index (Phi) is 4.46. The van der Waals surface area contributed by atoms with E-state index in [1.807, 2.05) is 24.3 Å². The Balaban J connectivity index is 2.32. The predicted octanol–water partition coefficient (Wildman–Crippen LogP) is 4.68. The lowest BCUT2D eigenvalue weighted by atomic mass is 10.1. The summed E-state index contributed by atoms with van der Waals surface area (Å²) >= 11 is 6.21.